The van der Waals surface area contributed by atoms with E-state index in [1.807, 2.05) is 4.90 Å². The summed E-state index contributed by atoms with van der Waals surface area (Å²) in [7, 11) is 0. The summed E-state index contributed by atoms with van der Waals surface area (Å²) < 4.78 is 0. The minimum atomic E-state index is -0.706. The number of carbonyl (C=O) groups is 3. The highest BCUT2D eigenvalue weighted by Crippen LogP contribution is 2.24. The standard InChI is InChI=1S/C18H28N2O3/c1-13(2)5-4-6-15-9-11-19(12-10-15)18(23)14(3)20-16(21)7-8-17(20)22/h7-8,13-15H,4-6,9-12H2,1-3H3. The Morgan fingerprint density at radius 2 is 1.70 bits per heavy atom. The van der Waals surface area contributed by atoms with Crippen molar-refractivity contribution < 1.29 is 14.4 Å². The quantitative estimate of drug-likeness (QED) is 0.706. The molecule has 5 heteroatoms. The van der Waals surface area contributed by atoms with E-state index in [1.165, 1.54) is 31.4 Å². The number of hydrogen-bond acceptors (Lipinski definition) is 3. The van der Waals surface area contributed by atoms with Gasteiger partial charge in [0.2, 0.25) is 5.91 Å². The molecule has 0 aromatic rings. The number of rotatable bonds is 6. The number of nitrogens with zero attached hydrogens (tertiary/aromatic N) is 2. The molecule has 2 aliphatic heterocycles. The van der Waals surface area contributed by atoms with Crippen molar-refractivity contribution in [3.63, 3.8) is 0 Å². The number of hydrogen-bond donors (Lipinski definition) is 0. The number of carbonyl (C=O) groups excluding carboxylic acids is 3. The molecule has 128 valence electrons. The summed E-state index contributed by atoms with van der Waals surface area (Å²) in [6, 6.07) is -0.706. The molecule has 1 fully saturated rings. The zero-order valence-electron chi connectivity index (χ0n) is 14.5. The van der Waals surface area contributed by atoms with Gasteiger partial charge in [-0.05, 0) is 31.6 Å². The lowest BCUT2D eigenvalue weighted by molar-refractivity contribution is -0.149. The van der Waals surface area contributed by atoms with Crippen LogP contribution in [0.25, 0.3) is 0 Å². The van der Waals surface area contributed by atoms with Crippen molar-refractivity contribution in [2.24, 2.45) is 11.8 Å². The Morgan fingerprint density at radius 3 is 2.22 bits per heavy atom. The average Bonchev–Trinajstić information content (AvgIpc) is 2.85. The summed E-state index contributed by atoms with van der Waals surface area (Å²) in [6.07, 6.45) is 8.27. The molecule has 0 aromatic carbocycles. The number of imide groups is 1. The smallest absolute Gasteiger partial charge is 0.254 e. The van der Waals surface area contributed by atoms with Crippen molar-refractivity contribution >= 4 is 17.7 Å². The van der Waals surface area contributed by atoms with Gasteiger partial charge in [0, 0.05) is 25.2 Å². The predicted octanol–water partition coefficient (Wildman–Crippen LogP) is 2.36. The molecule has 0 saturated carbocycles. The van der Waals surface area contributed by atoms with Crippen LogP contribution < -0.4 is 0 Å². The van der Waals surface area contributed by atoms with Gasteiger partial charge in [-0.2, -0.15) is 0 Å². The summed E-state index contributed by atoms with van der Waals surface area (Å²) in [6.45, 7) is 7.61. The molecule has 0 spiro atoms. The van der Waals surface area contributed by atoms with Gasteiger partial charge in [-0.25, -0.2) is 0 Å². The van der Waals surface area contributed by atoms with Crippen LogP contribution in [0.5, 0.6) is 0 Å². The molecular weight excluding hydrogens is 292 g/mol. The molecule has 2 heterocycles. The van der Waals surface area contributed by atoms with Gasteiger partial charge in [0.05, 0.1) is 0 Å². The molecular formula is C18H28N2O3. The first kappa shape index (κ1) is 17.7. The molecule has 2 aliphatic rings. The van der Waals surface area contributed by atoms with Crippen LogP contribution >= 0.6 is 0 Å². The minimum Gasteiger partial charge on any atom is -0.341 e. The zero-order valence-corrected chi connectivity index (χ0v) is 14.5. The molecule has 1 unspecified atom stereocenters. The Labute approximate surface area is 138 Å². The van der Waals surface area contributed by atoms with Crippen molar-refractivity contribution in [1.82, 2.24) is 9.80 Å². The third-order valence-electron chi connectivity index (χ3n) is 4.91. The first-order valence-electron chi connectivity index (χ1n) is 8.74. The Kier molecular flexibility index (Phi) is 5.97. The van der Waals surface area contributed by atoms with Crippen molar-refractivity contribution in [2.45, 2.75) is 58.9 Å². The fourth-order valence-electron chi connectivity index (χ4n) is 3.42. The molecule has 1 saturated heterocycles. The van der Waals surface area contributed by atoms with Crippen molar-refractivity contribution in [3.05, 3.63) is 12.2 Å². The van der Waals surface area contributed by atoms with Crippen molar-refractivity contribution in [3.8, 4) is 0 Å². The van der Waals surface area contributed by atoms with Crippen molar-refractivity contribution in [2.75, 3.05) is 13.1 Å². The van der Waals surface area contributed by atoms with E-state index in [4.69, 9.17) is 0 Å². The first-order valence-corrected chi connectivity index (χ1v) is 8.74. The maximum atomic E-state index is 12.5. The molecule has 0 aromatic heterocycles. The van der Waals surface area contributed by atoms with Crippen LogP contribution in [-0.2, 0) is 14.4 Å². The molecule has 1 atom stereocenters. The van der Waals surface area contributed by atoms with Gasteiger partial charge in [0.1, 0.15) is 6.04 Å². The molecule has 3 amide bonds. The van der Waals surface area contributed by atoms with Gasteiger partial charge < -0.3 is 4.90 Å². The predicted molar refractivity (Wildman–Crippen MR) is 88.4 cm³/mol. The van der Waals surface area contributed by atoms with Crippen LogP contribution in [0.1, 0.15) is 52.9 Å². The summed E-state index contributed by atoms with van der Waals surface area (Å²) in [5.74, 6) is 0.557. The van der Waals surface area contributed by atoms with Crippen molar-refractivity contribution in [1.29, 1.82) is 0 Å². The summed E-state index contributed by atoms with van der Waals surface area (Å²) >= 11 is 0. The van der Waals surface area contributed by atoms with E-state index < -0.39 is 6.04 Å². The topological polar surface area (TPSA) is 57.7 Å². The van der Waals surface area contributed by atoms with Crippen LogP contribution in [0.3, 0.4) is 0 Å². The lowest BCUT2D eigenvalue weighted by Crippen LogP contribution is -2.51. The summed E-state index contributed by atoms with van der Waals surface area (Å²) in [4.78, 5) is 38.8. The normalized spacial score (nSPS) is 20.7. The molecule has 0 aliphatic carbocycles. The van der Waals surface area contributed by atoms with E-state index in [1.54, 1.807) is 6.92 Å². The number of amides is 3. The van der Waals surface area contributed by atoms with Gasteiger partial charge in [-0.15, -0.1) is 0 Å². The lowest BCUT2D eigenvalue weighted by Gasteiger charge is -2.35. The molecule has 0 radical (unpaired) electrons. The molecule has 5 nitrogen and oxygen atoms in total. The van der Waals surface area contributed by atoms with Crippen LogP contribution in [0.2, 0.25) is 0 Å². The molecule has 0 bridgehead atoms. The second-order valence-corrected chi connectivity index (χ2v) is 7.15. The minimum absolute atomic E-state index is 0.115. The third kappa shape index (κ3) is 4.43. The SMILES string of the molecule is CC(C)CCCC1CCN(C(=O)C(C)N2C(=O)C=CC2=O)CC1. The monoisotopic (exact) mass is 320 g/mol. The summed E-state index contributed by atoms with van der Waals surface area (Å²) in [5.41, 5.74) is 0. The molecule has 2 rings (SSSR count). The lowest BCUT2D eigenvalue weighted by atomic mass is 9.90. The van der Waals surface area contributed by atoms with Crippen LogP contribution in [0, 0.1) is 11.8 Å². The van der Waals surface area contributed by atoms with Gasteiger partial charge in [-0.3, -0.25) is 19.3 Å². The van der Waals surface area contributed by atoms with E-state index in [0.717, 1.165) is 36.7 Å². The Balaban J connectivity index is 1.79. The zero-order chi connectivity index (χ0) is 17.0. The molecule has 23 heavy (non-hydrogen) atoms. The van der Waals surface area contributed by atoms with Gasteiger partial charge in [0.25, 0.3) is 11.8 Å². The Morgan fingerprint density at radius 1 is 1.13 bits per heavy atom. The highest BCUT2D eigenvalue weighted by atomic mass is 16.2. The second-order valence-electron chi connectivity index (χ2n) is 7.15. The Bertz CT molecular complexity index is 472. The van der Waals surface area contributed by atoms with E-state index in [2.05, 4.69) is 13.8 Å². The fraction of sp³-hybridized carbons (Fsp3) is 0.722. The van der Waals surface area contributed by atoms with E-state index in [9.17, 15) is 14.4 Å². The van der Waals surface area contributed by atoms with Gasteiger partial charge >= 0.3 is 0 Å². The Hall–Kier alpha value is -1.65. The second kappa shape index (κ2) is 7.75. The van der Waals surface area contributed by atoms with E-state index in [0.29, 0.717) is 5.92 Å². The van der Waals surface area contributed by atoms with Gasteiger partial charge in [0.15, 0.2) is 0 Å². The maximum absolute atomic E-state index is 12.5. The highest BCUT2D eigenvalue weighted by molar-refractivity contribution is 6.15. The largest absolute Gasteiger partial charge is 0.341 e. The summed E-state index contributed by atoms with van der Waals surface area (Å²) in [5, 5.41) is 0. The maximum Gasteiger partial charge on any atom is 0.254 e. The van der Waals surface area contributed by atoms with Gasteiger partial charge in [-0.1, -0.05) is 33.1 Å². The average molecular weight is 320 g/mol. The van der Waals surface area contributed by atoms with Crippen LogP contribution in [0.4, 0.5) is 0 Å². The first-order chi connectivity index (χ1) is 10.9. The van der Waals surface area contributed by atoms with E-state index in [-0.39, 0.29) is 17.7 Å². The van der Waals surface area contributed by atoms with Crippen LogP contribution in [-0.4, -0.2) is 46.7 Å². The number of likely N-dealkylation sites (tertiary alicyclic amines) is 1. The highest BCUT2D eigenvalue weighted by Gasteiger charge is 2.35. The molecule has 0 N–H and O–H groups in total. The third-order valence-corrected chi connectivity index (χ3v) is 4.91. The number of piperidine rings is 1. The van der Waals surface area contributed by atoms with E-state index >= 15 is 0 Å². The van der Waals surface area contributed by atoms with Crippen LogP contribution in [0.15, 0.2) is 12.2 Å². The fourth-order valence-corrected chi connectivity index (χ4v) is 3.42.